The first kappa shape index (κ1) is 13.0. The molecule has 2 unspecified atom stereocenters. The fourth-order valence-corrected chi connectivity index (χ4v) is 2.13. The monoisotopic (exact) mass is 218 g/mol. The second kappa shape index (κ2) is 6.47. The largest absolute Gasteiger partial charge is 0.299 e. The van der Waals surface area contributed by atoms with Gasteiger partial charge in [-0.15, -0.1) is 0 Å². The second-order valence-corrected chi connectivity index (χ2v) is 4.49. The van der Waals surface area contributed by atoms with Gasteiger partial charge in [-0.3, -0.25) is 4.79 Å². The average molecular weight is 218 g/mol. The highest BCUT2D eigenvalue weighted by atomic mass is 16.1. The zero-order chi connectivity index (χ0) is 12.0. The first-order chi connectivity index (χ1) is 7.70. The topological polar surface area (TPSA) is 17.1 Å². The lowest BCUT2D eigenvalue weighted by molar-refractivity contribution is -0.121. The van der Waals surface area contributed by atoms with Crippen molar-refractivity contribution in [3.05, 3.63) is 35.9 Å². The van der Waals surface area contributed by atoms with Gasteiger partial charge in [0.2, 0.25) is 0 Å². The van der Waals surface area contributed by atoms with Gasteiger partial charge in [-0.2, -0.15) is 0 Å². The zero-order valence-corrected chi connectivity index (χ0v) is 10.6. The van der Waals surface area contributed by atoms with Crippen LogP contribution in [0.25, 0.3) is 0 Å². The maximum absolute atomic E-state index is 12.1. The Labute approximate surface area is 98.9 Å². The van der Waals surface area contributed by atoms with Gasteiger partial charge in [0.1, 0.15) is 5.78 Å². The minimum absolute atomic E-state index is 0.0890. The van der Waals surface area contributed by atoms with Crippen molar-refractivity contribution < 1.29 is 4.79 Å². The summed E-state index contributed by atoms with van der Waals surface area (Å²) in [6.07, 6.45) is 2.69. The lowest BCUT2D eigenvalue weighted by Gasteiger charge is -2.22. The van der Waals surface area contributed by atoms with Gasteiger partial charge in [0.25, 0.3) is 0 Å². The fourth-order valence-electron chi connectivity index (χ4n) is 2.13. The SMILES string of the molecule is CCCC(=O)C(c1ccccc1)C(C)CC. The maximum atomic E-state index is 12.1. The number of ketones is 1. The van der Waals surface area contributed by atoms with E-state index in [9.17, 15) is 4.79 Å². The molecule has 0 aromatic heterocycles. The molecule has 0 heterocycles. The number of rotatable bonds is 6. The molecule has 88 valence electrons. The highest BCUT2D eigenvalue weighted by molar-refractivity contribution is 5.86. The van der Waals surface area contributed by atoms with Gasteiger partial charge in [-0.1, -0.05) is 57.5 Å². The van der Waals surface area contributed by atoms with Gasteiger partial charge in [0.15, 0.2) is 0 Å². The summed E-state index contributed by atoms with van der Waals surface area (Å²) in [5.41, 5.74) is 1.18. The number of benzene rings is 1. The smallest absolute Gasteiger partial charge is 0.140 e. The molecule has 1 aromatic rings. The molecule has 16 heavy (non-hydrogen) atoms. The van der Waals surface area contributed by atoms with Crippen LogP contribution in [0.4, 0.5) is 0 Å². The summed E-state index contributed by atoms with van der Waals surface area (Å²) >= 11 is 0. The zero-order valence-electron chi connectivity index (χ0n) is 10.6. The van der Waals surface area contributed by atoms with Crippen LogP contribution in [0, 0.1) is 5.92 Å². The summed E-state index contributed by atoms with van der Waals surface area (Å²) in [7, 11) is 0. The summed E-state index contributed by atoms with van der Waals surface area (Å²) < 4.78 is 0. The Morgan fingerprint density at radius 1 is 1.19 bits per heavy atom. The van der Waals surface area contributed by atoms with E-state index < -0.39 is 0 Å². The highest BCUT2D eigenvalue weighted by Gasteiger charge is 2.24. The van der Waals surface area contributed by atoms with Gasteiger partial charge < -0.3 is 0 Å². The van der Waals surface area contributed by atoms with Crippen molar-refractivity contribution in [3.8, 4) is 0 Å². The first-order valence-electron chi connectivity index (χ1n) is 6.28. The van der Waals surface area contributed by atoms with Crippen LogP contribution in [0.3, 0.4) is 0 Å². The summed E-state index contributed by atoms with van der Waals surface area (Å²) in [6, 6.07) is 10.2. The predicted octanol–water partition coefficient (Wildman–Crippen LogP) is 4.19. The van der Waals surface area contributed by atoms with Gasteiger partial charge in [-0.05, 0) is 17.9 Å². The highest BCUT2D eigenvalue weighted by Crippen LogP contribution is 2.29. The van der Waals surface area contributed by atoms with Crippen LogP contribution in [-0.4, -0.2) is 5.78 Å². The molecule has 1 aromatic carbocycles. The van der Waals surface area contributed by atoms with Crippen LogP contribution < -0.4 is 0 Å². The molecule has 1 rings (SSSR count). The third kappa shape index (κ3) is 3.19. The van der Waals surface area contributed by atoms with E-state index in [1.54, 1.807) is 0 Å². The third-order valence-corrected chi connectivity index (χ3v) is 3.21. The van der Waals surface area contributed by atoms with E-state index in [2.05, 4.69) is 32.9 Å². The summed E-state index contributed by atoms with van der Waals surface area (Å²) in [4.78, 5) is 12.1. The number of carbonyl (C=O) groups excluding carboxylic acids is 1. The molecule has 0 amide bonds. The van der Waals surface area contributed by atoms with Crippen LogP contribution >= 0.6 is 0 Å². The van der Waals surface area contributed by atoms with E-state index in [-0.39, 0.29) is 5.92 Å². The standard InChI is InChI=1S/C15H22O/c1-4-9-14(16)15(12(3)5-2)13-10-7-6-8-11-13/h6-8,10-12,15H,4-5,9H2,1-3H3. The van der Waals surface area contributed by atoms with Crippen molar-refractivity contribution in [2.75, 3.05) is 0 Å². The molecular formula is C15H22O. The summed E-state index contributed by atoms with van der Waals surface area (Å²) in [5.74, 6) is 0.913. The molecule has 0 aliphatic rings. The molecule has 0 aliphatic carbocycles. The Hall–Kier alpha value is -1.11. The normalized spacial score (nSPS) is 14.4. The number of carbonyl (C=O) groups is 1. The molecule has 0 saturated carbocycles. The molecule has 0 radical (unpaired) electrons. The van der Waals surface area contributed by atoms with Crippen molar-refractivity contribution in [2.24, 2.45) is 5.92 Å². The molecule has 1 nitrogen and oxygen atoms in total. The Kier molecular flexibility index (Phi) is 5.24. The Morgan fingerprint density at radius 2 is 1.81 bits per heavy atom. The van der Waals surface area contributed by atoms with Crippen molar-refractivity contribution in [1.82, 2.24) is 0 Å². The van der Waals surface area contributed by atoms with Crippen LogP contribution in [0.1, 0.15) is 51.5 Å². The van der Waals surface area contributed by atoms with E-state index in [1.807, 2.05) is 18.2 Å². The molecule has 0 spiro atoms. The minimum atomic E-state index is 0.0890. The Bertz CT molecular complexity index is 315. The molecule has 0 fully saturated rings. The Morgan fingerprint density at radius 3 is 2.31 bits per heavy atom. The van der Waals surface area contributed by atoms with Crippen molar-refractivity contribution in [2.45, 2.75) is 46.0 Å². The maximum Gasteiger partial charge on any atom is 0.140 e. The lowest BCUT2D eigenvalue weighted by atomic mass is 9.81. The van der Waals surface area contributed by atoms with Gasteiger partial charge in [0.05, 0.1) is 0 Å². The molecule has 0 bridgehead atoms. The van der Waals surface area contributed by atoms with Crippen LogP contribution in [0.2, 0.25) is 0 Å². The van der Waals surface area contributed by atoms with E-state index in [1.165, 1.54) is 5.56 Å². The molecule has 1 heteroatoms. The van der Waals surface area contributed by atoms with Gasteiger partial charge in [0, 0.05) is 12.3 Å². The average Bonchev–Trinajstić information content (AvgIpc) is 2.31. The van der Waals surface area contributed by atoms with Crippen molar-refractivity contribution in [1.29, 1.82) is 0 Å². The van der Waals surface area contributed by atoms with Crippen LogP contribution in [0.5, 0.6) is 0 Å². The van der Waals surface area contributed by atoms with E-state index in [0.717, 1.165) is 12.8 Å². The number of hydrogen-bond acceptors (Lipinski definition) is 1. The van der Waals surface area contributed by atoms with Crippen LogP contribution in [-0.2, 0) is 4.79 Å². The van der Waals surface area contributed by atoms with Gasteiger partial charge in [-0.25, -0.2) is 0 Å². The molecule has 0 N–H and O–H groups in total. The quantitative estimate of drug-likeness (QED) is 0.700. The van der Waals surface area contributed by atoms with E-state index >= 15 is 0 Å². The second-order valence-electron chi connectivity index (χ2n) is 4.49. The number of hydrogen-bond donors (Lipinski definition) is 0. The summed E-state index contributed by atoms with van der Waals surface area (Å²) in [6.45, 7) is 6.39. The van der Waals surface area contributed by atoms with Crippen molar-refractivity contribution >= 4 is 5.78 Å². The van der Waals surface area contributed by atoms with E-state index in [0.29, 0.717) is 18.1 Å². The van der Waals surface area contributed by atoms with E-state index in [4.69, 9.17) is 0 Å². The Balaban J connectivity index is 2.92. The lowest BCUT2D eigenvalue weighted by Crippen LogP contribution is -2.19. The fraction of sp³-hybridized carbons (Fsp3) is 0.533. The molecular weight excluding hydrogens is 196 g/mol. The third-order valence-electron chi connectivity index (χ3n) is 3.21. The minimum Gasteiger partial charge on any atom is -0.299 e. The molecule has 0 aliphatic heterocycles. The number of Topliss-reactive ketones (excluding diaryl/α,β-unsaturated/α-hetero) is 1. The summed E-state index contributed by atoms with van der Waals surface area (Å²) in [5, 5.41) is 0. The molecule has 0 saturated heterocycles. The van der Waals surface area contributed by atoms with Gasteiger partial charge >= 0.3 is 0 Å². The van der Waals surface area contributed by atoms with Crippen molar-refractivity contribution in [3.63, 3.8) is 0 Å². The van der Waals surface area contributed by atoms with Crippen LogP contribution in [0.15, 0.2) is 30.3 Å². The molecule has 2 atom stereocenters. The predicted molar refractivity (Wildman–Crippen MR) is 68.6 cm³/mol. The first-order valence-corrected chi connectivity index (χ1v) is 6.28.